The minimum atomic E-state index is -0.0178. The third kappa shape index (κ3) is 4.88. The fourth-order valence-corrected chi connectivity index (χ4v) is 7.87. The van der Waals surface area contributed by atoms with Crippen molar-refractivity contribution < 1.29 is 9.59 Å². The predicted molar refractivity (Wildman–Crippen MR) is 146 cm³/mol. The summed E-state index contributed by atoms with van der Waals surface area (Å²) in [5.41, 5.74) is 1.35. The first-order chi connectivity index (χ1) is 16.7. The Morgan fingerprint density at radius 2 is 1.67 bits per heavy atom. The maximum absolute atomic E-state index is 13.0. The zero-order valence-corrected chi connectivity index (χ0v) is 23.5. The first kappa shape index (κ1) is 27.3. The molecule has 0 aliphatic carbocycles. The highest BCUT2D eigenvalue weighted by atomic mass is 35.5. The van der Waals surface area contributed by atoms with Crippen LogP contribution in [0.1, 0.15) is 71.3 Å². The Bertz CT molecular complexity index is 924. The number of carbonyl (C=O) groups is 2. The molecule has 2 bridgehead atoms. The number of amides is 3. The number of benzene rings is 1. The summed E-state index contributed by atoms with van der Waals surface area (Å²) in [4.78, 5) is 35.1. The summed E-state index contributed by atoms with van der Waals surface area (Å²) in [5.74, 6) is 1.56. The highest BCUT2D eigenvalue weighted by Crippen LogP contribution is 2.48. The first-order valence-corrected chi connectivity index (χ1v) is 13.8. The summed E-state index contributed by atoms with van der Waals surface area (Å²) in [6.45, 7) is 12.2. The van der Waals surface area contributed by atoms with Crippen molar-refractivity contribution in [3.63, 3.8) is 0 Å². The van der Waals surface area contributed by atoms with Gasteiger partial charge < -0.3 is 14.7 Å². The monoisotopic (exact) mass is 516 g/mol. The van der Waals surface area contributed by atoms with E-state index in [2.05, 4.69) is 72.7 Å². The minimum absolute atomic E-state index is 0. The quantitative estimate of drug-likeness (QED) is 0.543. The standard InChI is InChI=1S/C29H44N4O2.ClH/c1-20(2)13-27(34)31-16-23(26(18-31)22-9-7-6-8-10-22)17-32-24-11-12-25(32)15-29(14-24)19-30(5)28(35)33(29)21(3)4;/h6-10,20-21,23-26H,11-19H2,1-5H3;1H/t23-,24?,25?,26-,29?;/m1./s1. The third-order valence-corrected chi connectivity index (χ3v) is 9.14. The SMILES string of the molecule is CC(C)CC(=O)N1C[C@H](CN2C3CCC2CC2(C3)CN(C)C(=O)N2C(C)C)[C@@H](c2ccccc2)C1.Cl. The van der Waals surface area contributed by atoms with E-state index in [4.69, 9.17) is 0 Å². The minimum Gasteiger partial charge on any atom is -0.342 e. The van der Waals surface area contributed by atoms with Crippen LogP contribution in [-0.4, -0.2) is 88.4 Å². The van der Waals surface area contributed by atoms with Gasteiger partial charge in [-0.25, -0.2) is 4.79 Å². The van der Waals surface area contributed by atoms with Gasteiger partial charge in [0.15, 0.2) is 0 Å². The molecule has 0 saturated carbocycles. The number of likely N-dealkylation sites (N-methyl/N-ethyl adjacent to an activating group) is 1. The molecule has 4 aliphatic rings. The molecule has 36 heavy (non-hydrogen) atoms. The molecule has 4 saturated heterocycles. The molecule has 0 radical (unpaired) electrons. The summed E-state index contributed by atoms with van der Waals surface area (Å²) >= 11 is 0. The number of fused-ring (bicyclic) bond motifs is 2. The second kappa shape index (κ2) is 10.5. The predicted octanol–water partition coefficient (Wildman–Crippen LogP) is 4.84. The van der Waals surface area contributed by atoms with E-state index in [1.807, 2.05) is 11.9 Å². The van der Waals surface area contributed by atoms with Crippen molar-refractivity contribution >= 4 is 24.3 Å². The van der Waals surface area contributed by atoms with Crippen LogP contribution in [0.5, 0.6) is 0 Å². The summed E-state index contributed by atoms with van der Waals surface area (Å²) < 4.78 is 0. The molecule has 4 heterocycles. The lowest BCUT2D eigenvalue weighted by molar-refractivity contribution is -0.131. The van der Waals surface area contributed by atoms with Gasteiger partial charge in [-0.15, -0.1) is 12.4 Å². The molecule has 6 nitrogen and oxygen atoms in total. The number of hydrogen-bond acceptors (Lipinski definition) is 3. The van der Waals surface area contributed by atoms with Crippen molar-refractivity contribution in [1.82, 2.24) is 19.6 Å². The van der Waals surface area contributed by atoms with Gasteiger partial charge in [-0.1, -0.05) is 44.2 Å². The largest absolute Gasteiger partial charge is 0.342 e. The van der Waals surface area contributed by atoms with Crippen molar-refractivity contribution in [2.75, 3.05) is 33.2 Å². The van der Waals surface area contributed by atoms with Crippen LogP contribution in [0.15, 0.2) is 30.3 Å². The van der Waals surface area contributed by atoms with Crippen LogP contribution in [0, 0.1) is 11.8 Å². The Kier molecular flexibility index (Phi) is 7.97. The van der Waals surface area contributed by atoms with E-state index < -0.39 is 0 Å². The maximum Gasteiger partial charge on any atom is 0.320 e. The first-order valence-electron chi connectivity index (χ1n) is 13.8. The fraction of sp³-hybridized carbons (Fsp3) is 0.724. The van der Waals surface area contributed by atoms with Crippen LogP contribution in [0.2, 0.25) is 0 Å². The lowest BCUT2D eigenvalue weighted by Crippen LogP contribution is -2.60. The molecule has 2 unspecified atom stereocenters. The highest BCUT2D eigenvalue weighted by Gasteiger charge is 2.57. The zero-order chi connectivity index (χ0) is 24.9. The molecule has 4 aliphatic heterocycles. The molecule has 5 rings (SSSR count). The Hall–Kier alpha value is -1.79. The molecule has 3 amide bonds. The molecule has 1 aromatic rings. The van der Waals surface area contributed by atoms with E-state index in [9.17, 15) is 9.59 Å². The second-order valence-electron chi connectivity index (χ2n) is 12.5. The van der Waals surface area contributed by atoms with Crippen molar-refractivity contribution in [3.05, 3.63) is 35.9 Å². The van der Waals surface area contributed by atoms with Crippen LogP contribution in [0.25, 0.3) is 0 Å². The van der Waals surface area contributed by atoms with Gasteiger partial charge in [0.05, 0.1) is 5.54 Å². The topological polar surface area (TPSA) is 47.1 Å². The molecule has 0 N–H and O–H groups in total. The summed E-state index contributed by atoms with van der Waals surface area (Å²) in [6.07, 6.45) is 5.26. The van der Waals surface area contributed by atoms with Crippen molar-refractivity contribution in [1.29, 1.82) is 0 Å². The molecule has 1 spiro atoms. The molecule has 4 atom stereocenters. The van der Waals surface area contributed by atoms with Gasteiger partial charge in [0.2, 0.25) is 5.91 Å². The molecule has 200 valence electrons. The van der Waals surface area contributed by atoms with Crippen LogP contribution in [0.4, 0.5) is 4.79 Å². The van der Waals surface area contributed by atoms with Crippen LogP contribution >= 0.6 is 12.4 Å². The number of piperidine rings is 1. The second-order valence-corrected chi connectivity index (χ2v) is 12.5. The van der Waals surface area contributed by atoms with Gasteiger partial charge in [0.1, 0.15) is 0 Å². The Morgan fingerprint density at radius 3 is 2.25 bits per heavy atom. The molecule has 0 aromatic heterocycles. The van der Waals surface area contributed by atoms with E-state index in [1.54, 1.807) is 0 Å². The fourth-order valence-electron chi connectivity index (χ4n) is 7.87. The van der Waals surface area contributed by atoms with Crippen LogP contribution in [-0.2, 0) is 4.79 Å². The van der Waals surface area contributed by atoms with Gasteiger partial charge in [0, 0.05) is 63.7 Å². The van der Waals surface area contributed by atoms with Crippen molar-refractivity contribution in [3.8, 4) is 0 Å². The Balaban J connectivity index is 0.00000304. The van der Waals surface area contributed by atoms with Crippen LogP contribution in [0.3, 0.4) is 0 Å². The van der Waals surface area contributed by atoms with Gasteiger partial charge in [-0.05, 0) is 56.9 Å². The summed E-state index contributed by atoms with van der Waals surface area (Å²) in [6, 6.07) is 12.3. The zero-order valence-electron chi connectivity index (χ0n) is 22.7. The lowest BCUT2D eigenvalue weighted by Gasteiger charge is -2.50. The normalized spacial score (nSPS) is 32.3. The van der Waals surface area contributed by atoms with Crippen LogP contribution < -0.4 is 0 Å². The van der Waals surface area contributed by atoms with Gasteiger partial charge in [-0.2, -0.15) is 0 Å². The molecule has 4 fully saturated rings. The van der Waals surface area contributed by atoms with E-state index >= 15 is 0 Å². The number of urea groups is 1. The molecule has 7 heteroatoms. The van der Waals surface area contributed by atoms with E-state index in [-0.39, 0.29) is 30.0 Å². The Labute approximate surface area is 223 Å². The number of likely N-dealkylation sites (tertiary alicyclic amines) is 1. The summed E-state index contributed by atoms with van der Waals surface area (Å²) in [7, 11) is 1.96. The number of hydrogen-bond donors (Lipinski definition) is 0. The van der Waals surface area contributed by atoms with E-state index in [0.717, 1.165) is 39.0 Å². The number of carbonyl (C=O) groups excluding carboxylic acids is 2. The van der Waals surface area contributed by atoms with Gasteiger partial charge in [-0.3, -0.25) is 9.69 Å². The highest BCUT2D eigenvalue weighted by molar-refractivity contribution is 5.85. The smallest absolute Gasteiger partial charge is 0.320 e. The molecular weight excluding hydrogens is 472 g/mol. The number of rotatable bonds is 6. The summed E-state index contributed by atoms with van der Waals surface area (Å²) in [5, 5.41) is 0. The van der Waals surface area contributed by atoms with Crippen molar-refractivity contribution in [2.45, 2.75) is 89.4 Å². The van der Waals surface area contributed by atoms with Crippen molar-refractivity contribution in [2.24, 2.45) is 11.8 Å². The van der Waals surface area contributed by atoms with Gasteiger partial charge >= 0.3 is 6.03 Å². The average molecular weight is 517 g/mol. The van der Waals surface area contributed by atoms with E-state index in [0.29, 0.717) is 42.2 Å². The lowest BCUT2D eigenvalue weighted by atomic mass is 9.80. The molecular formula is C29H45ClN4O2. The third-order valence-electron chi connectivity index (χ3n) is 9.14. The van der Waals surface area contributed by atoms with Gasteiger partial charge in [0.25, 0.3) is 0 Å². The average Bonchev–Trinajstić information content (AvgIpc) is 3.40. The number of nitrogens with zero attached hydrogens (tertiary/aromatic N) is 4. The molecule has 1 aromatic carbocycles. The van der Waals surface area contributed by atoms with E-state index in [1.165, 1.54) is 18.4 Å². The maximum atomic E-state index is 13.0. The number of halogens is 1. The Morgan fingerprint density at radius 1 is 1.03 bits per heavy atom.